The molecule has 0 fully saturated rings. The van der Waals surface area contributed by atoms with Crippen LogP contribution in [0, 0.1) is 0 Å². The van der Waals surface area contributed by atoms with E-state index in [4.69, 9.17) is 0 Å². The predicted molar refractivity (Wildman–Crippen MR) is 81.8 cm³/mol. The molecule has 1 N–H and O–H groups in total. The number of rotatable bonds is 8. The van der Waals surface area contributed by atoms with E-state index in [1.807, 2.05) is 0 Å². The molecule has 2 aromatic heterocycles. The van der Waals surface area contributed by atoms with E-state index in [9.17, 15) is 9.59 Å². The Morgan fingerprint density at radius 2 is 2.17 bits per heavy atom. The SMILES string of the molecule is CN(CCCCc1nn[nH]n1)C(=O)c1c(N(C)C=O)ncn1C. The number of unbranched alkanes of at least 4 members (excludes halogenated alkanes) is 1. The maximum atomic E-state index is 12.6. The molecule has 10 nitrogen and oxygen atoms in total. The largest absolute Gasteiger partial charge is 0.340 e. The highest BCUT2D eigenvalue weighted by Gasteiger charge is 2.22. The Labute approximate surface area is 133 Å². The fraction of sp³-hybridized carbons (Fsp3) is 0.538. The summed E-state index contributed by atoms with van der Waals surface area (Å²) >= 11 is 0. The molecule has 0 aliphatic rings. The summed E-state index contributed by atoms with van der Waals surface area (Å²) in [6.45, 7) is 0.589. The van der Waals surface area contributed by atoms with Crippen LogP contribution >= 0.6 is 0 Å². The minimum absolute atomic E-state index is 0.173. The average Bonchev–Trinajstić information content (AvgIpc) is 3.19. The third kappa shape index (κ3) is 3.90. The van der Waals surface area contributed by atoms with Gasteiger partial charge in [0.15, 0.2) is 17.3 Å². The van der Waals surface area contributed by atoms with Gasteiger partial charge in [0.1, 0.15) is 0 Å². The van der Waals surface area contributed by atoms with E-state index >= 15 is 0 Å². The van der Waals surface area contributed by atoms with Crippen molar-refractivity contribution in [3.63, 3.8) is 0 Å². The predicted octanol–water partition coefficient (Wildman–Crippen LogP) is -0.379. The zero-order chi connectivity index (χ0) is 16.8. The highest BCUT2D eigenvalue weighted by molar-refractivity contribution is 5.99. The Balaban J connectivity index is 1.92. The zero-order valence-electron chi connectivity index (χ0n) is 13.4. The number of aromatic nitrogens is 6. The van der Waals surface area contributed by atoms with Crippen molar-refractivity contribution in [3.05, 3.63) is 17.8 Å². The number of hydrogen-bond donors (Lipinski definition) is 1. The second-order valence-electron chi connectivity index (χ2n) is 5.26. The maximum Gasteiger partial charge on any atom is 0.274 e. The van der Waals surface area contributed by atoms with Crippen LogP contribution in [-0.4, -0.2) is 68.0 Å². The van der Waals surface area contributed by atoms with Gasteiger partial charge in [0.2, 0.25) is 6.41 Å². The molecule has 124 valence electrons. The second kappa shape index (κ2) is 7.47. The summed E-state index contributed by atoms with van der Waals surface area (Å²) in [7, 11) is 5.03. The van der Waals surface area contributed by atoms with Crippen LogP contribution < -0.4 is 4.90 Å². The molecular formula is C13H20N8O2. The number of H-pyrrole nitrogens is 1. The minimum Gasteiger partial charge on any atom is -0.340 e. The molecule has 0 aromatic carbocycles. The minimum atomic E-state index is -0.173. The molecule has 0 aliphatic carbocycles. The number of carbonyl (C=O) groups excluding carboxylic acids is 2. The standard InChI is InChI=1S/C13H20N8O2/c1-19(7-5-4-6-10-15-17-18-16-10)13(23)11-12(21(3)9-22)14-8-20(11)2/h8-9H,4-7H2,1-3H3,(H,15,16,17,18). The Hall–Kier alpha value is -2.78. The molecule has 0 atom stereocenters. The van der Waals surface area contributed by atoms with Gasteiger partial charge in [0, 0.05) is 34.1 Å². The van der Waals surface area contributed by atoms with Crippen molar-refractivity contribution < 1.29 is 9.59 Å². The van der Waals surface area contributed by atoms with E-state index in [2.05, 4.69) is 25.6 Å². The summed E-state index contributed by atoms with van der Waals surface area (Å²) in [6, 6.07) is 0. The first-order valence-electron chi connectivity index (χ1n) is 7.21. The van der Waals surface area contributed by atoms with Crippen molar-refractivity contribution in [2.45, 2.75) is 19.3 Å². The summed E-state index contributed by atoms with van der Waals surface area (Å²) in [6.07, 6.45) is 4.52. The first-order chi connectivity index (χ1) is 11.0. The van der Waals surface area contributed by atoms with Gasteiger partial charge in [-0.25, -0.2) is 4.98 Å². The summed E-state index contributed by atoms with van der Waals surface area (Å²) in [5.74, 6) is 0.847. The van der Waals surface area contributed by atoms with Crippen LogP contribution in [0.1, 0.15) is 29.2 Å². The first kappa shape index (κ1) is 16.6. The molecule has 23 heavy (non-hydrogen) atoms. The van der Waals surface area contributed by atoms with E-state index < -0.39 is 0 Å². The Morgan fingerprint density at radius 1 is 1.39 bits per heavy atom. The molecule has 2 heterocycles. The van der Waals surface area contributed by atoms with Gasteiger partial charge in [-0.1, -0.05) is 5.21 Å². The fourth-order valence-electron chi connectivity index (χ4n) is 2.18. The lowest BCUT2D eigenvalue weighted by Gasteiger charge is -2.19. The normalized spacial score (nSPS) is 10.6. The Morgan fingerprint density at radius 3 is 2.83 bits per heavy atom. The number of carbonyl (C=O) groups is 2. The quantitative estimate of drug-likeness (QED) is 0.524. The lowest BCUT2D eigenvalue weighted by molar-refractivity contribution is -0.107. The number of aryl methyl sites for hydroxylation is 2. The van der Waals surface area contributed by atoms with Crippen LogP contribution in [0.15, 0.2) is 6.33 Å². The van der Waals surface area contributed by atoms with Crippen LogP contribution in [0.25, 0.3) is 0 Å². The molecule has 2 aromatic rings. The number of nitrogens with one attached hydrogen (secondary N) is 1. The molecule has 0 radical (unpaired) electrons. The van der Waals surface area contributed by atoms with Crippen LogP contribution in [0.4, 0.5) is 5.82 Å². The van der Waals surface area contributed by atoms with Crippen molar-refractivity contribution in [2.24, 2.45) is 7.05 Å². The summed E-state index contributed by atoms with van der Waals surface area (Å²) in [5, 5.41) is 13.7. The van der Waals surface area contributed by atoms with Gasteiger partial charge in [-0.05, 0) is 12.8 Å². The Bertz CT molecular complexity index is 651. The second-order valence-corrected chi connectivity index (χ2v) is 5.26. The Kier molecular flexibility index (Phi) is 5.39. The highest BCUT2D eigenvalue weighted by Crippen LogP contribution is 2.17. The number of nitrogens with zero attached hydrogens (tertiary/aromatic N) is 7. The van der Waals surface area contributed by atoms with Crippen LogP contribution in [0.5, 0.6) is 0 Å². The van der Waals surface area contributed by atoms with Crippen molar-refractivity contribution in [2.75, 3.05) is 25.5 Å². The number of hydrogen-bond acceptors (Lipinski definition) is 6. The average molecular weight is 320 g/mol. The summed E-state index contributed by atoms with van der Waals surface area (Å²) in [5.41, 5.74) is 0.389. The van der Waals surface area contributed by atoms with Gasteiger partial charge >= 0.3 is 0 Å². The molecule has 2 rings (SSSR count). The maximum absolute atomic E-state index is 12.6. The number of tetrazole rings is 1. The zero-order valence-corrected chi connectivity index (χ0v) is 13.4. The van der Waals surface area contributed by atoms with Gasteiger partial charge < -0.3 is 14.4 Å². The third-order valence-electron chi connectivity index (χ3n) is 3.49. The fourth-order valence-corrected chi connectivity index (χ4v) is 2.18. The van der Waals surface area contributed by atoms with Gasteiger partial charge in [-0.3, -0.25) is 9.59 Å². The van der Waals surface area contributed by atoms with Crippen molar-refractivity contribution in [1.82, 2.24) is 35.1 Å². The monoisotopic (exact) mass is 320 g/mol. The topological polar surface area (TPSA) is 113 Å². The molecule has 0 unspecified atom stereocenters. The van der Waals surface area contributed by atoms with Crippen LogP contribution in [0.2, 0.25) is 0 Å². The van der Waals surface area contributed by atoms with E-state index in [1.54, 1.807) is 30.6 Å². The molecule has 0 aliphatic heterocycles. The summed E-state index contributed by atoms with van der Waals surface area (Å²) < 4.78 is 1.62. The van der Waals surface area contributed by atoms with E-state index in [-0.39, 0.29) is 5.91 Å². The van der Waals surface area contributed by atoms with Gasteiger partial charge in [-0.15, -0.1) is 10.2 Å². The summed E-state index contributed by atoms with van der Waals surface area (Å²) in [4.78, 5) is 30.5. The number of aromatic amines is 1. The molecule has 10 heteroatoms. The molecule has 0 spiro atoms. The van der Waals surface area contributed by atoms with E-state index in [0.29, 0.717) is 36.7 Å². The molecule has 0 saturated heterocycles. The highest BCUT2D eigenvalue weighted by atomic mass is 16.2. The van der Waals surface area contributed by atoms with E-state index in [0.717, 1.165) is 12.8 Å². The first-order valence-corrected chi connectivity index (χ1v) is 7.21. The van der Waals surface area contributed by atoms with Gasteiger partial charge in [0.05, 0.1) is 6.33 Å². The number of amides is 2. The molecular weight excluding hydrogens is 300 g/mol. The number of imidazole rings is 1. The molecule has 2 amide bonds. The smallest absolute Gasteiger partial charge is 0.274 e. The van der Waals surface area contributed by atoms with Crippen molar-refractivity contribution in [1.29, 1.82) is 0 Å². The lowest BCUT2D eigenvalue weighted by Crippen LogP contribution is -2.31. The molecule has 0 saturated carbocycles. The lowest BCUT2D eigenvalue weighted by atomic mass is 10.2. The van der Waals surface area contributed by atoms with Gasteiger partial charge in [-0.2, -0.15) is 5.21 Å². The third-order valence-corrected chi connectivity index (χ3v) is 3.49. The van der Waals surface area contributed by atoms with Crippen molar-refractivity contribution >= 4 is 18.1 Å². The van der Waals surface area contributed by atoms with Crippen molar-refractivity contribution in [3.8, 4) is 0 Å². The number of anilines is 1. The van der Waals surface area contributed by atoms with Crippen LogP contribution in [0.3, 0.4) is 0 Å². The van der Waals surface area contributed by atoms with Gasteiger partial charge in [0.25, 0.3) is 5.91 Å². The van der Waals surface area contributed by atoms with E-state index in [1.165, 1.54) is 11.2 Å². The van der Waals surface area contributed by atoms with Crippen LogP contribution in [-0.2, 0) is 18.3 Å². The molecule has 0 bridgehead atoms.